The molecule has 3 fully saturated rings. The number of carbonyl (C=O) groups is 2. The lowest BCUT2D eigenvalue weighted by atomic mass is 9.96. The highest BCUT2D eigenvalue weighted by molar-refractivity contribution is 5.81. The normalized spacial score (nSPS) is 21.2. The van der Waals surface area contributed by atoms with Gasteiger partial charge >= 0.3 is 0 Å². The minimum Gasteiger partial charge on any atom is -0.340 e. The summed E-state index contributed by atoms with van der Waals surface area (Å²) >= 11 is 0. The monoisotopic (exact) mass is 644 g/mol. The summed E-state index contributed by atoms with van der Waals surface area (Å²) in [5.41, 5.74) is 5.94. The average Bonchev–Trinajstić information content (AvgIpc) is 3.57. The van der Waals surface area contributed by atoms with Gasteiger partial charge in [0.05, 0.1) is 35.0 Å². The Morgan fingerprint density at radius 1 is 0.833 bits per heavy atom. The summed E-state index contributed by atoms with van der Waals surface area (Å²) in [6.07, 6.45) is 7.21. The van der Waals surface area contributed by atoms with Crippen molar-refractivity contribution in [3.8, 4) is 23.1 Å². The topological polar surface area (TPSA) is 98.0 Å². The van der Waals surface area contributed by atoms with Crippen LogP contribution in [0, 0.1) is 40.9 Å². The predicted molar refractivity (Wildman–Crippen MR) is 189 cm³/mol. The second kappa shape index (κ2) is 12.6. The molecule has 4 heterocycles. The lowest BCUT2D eigenvalue weighted by molar-refractivity contribution is -0.138. The first-order valence-corrected chi connectivity index (χ1v) is 17.8. The van der Waals surface area contributed by atoms with Crippen LogP contribution >= 0.6 is 0 Å². The fourth-order valence-corrected chi connectivity index (χ4v) is 7.27. The third kappa shape index (κ3) is 6.16. The van der Waals surface area contributed by atoms with Crippen LogP contribution in [0.4, 0.5) is 0 Å². The van der Waals surface area contributed by atoms with Gasteiger partial charge in [0.15, 0.2) is 0 Å². The number of hydrogen-bond acceptors (Lipinski definition) is 4. The number of aromatic amines is 2. The standard InChI is InChI=1S/C40H48N6O2/c1-24(2)26(5)38(47)45-19-7-8-34(45)37-42-31-16-13-29(20-32(31)43-37)10-9-28-11-14-30(15-12-28)33-22-41-36(44-33)35-21-40(17-18-40)23-46(35)39(48)27(6)25(3)4/h11-16,20,22,24-27,34-35H,7-8,17-19,21,23H2,1-6H3,(H,41,44)(H,42,43)/t26-,27-,34-,35-/m0/s1. The largest absolute Gasteiger partial charge is 0.340 e. The van der Waals surface area contributed by atoms with Crippen molar-refractivity contribution in [1.29, 1.82) is 0 Å². The van der Waals surface area contributed by atoms with Crippen molar-refractivity contribution in [1.82, 2.24) is 29.7 Å². The van der Waals surface area contributed by atoms with Gasteiger partial charge in [-0.05, 0) is 85.3 Å². The van der Waals surface area contributed by atoms with Crippen LogP contribution in [-0.2, 0) is 9.59 Å². The molecule has 2 aliphatic heterocycles. The second-order valence-electron chi connectivity index (χ2n) is 15.3. The van der Waals surface area contributed by atoms with Crippen molar-refractivity contribution in [2.75, 3.05) is 13.1 Å². The SMILES string of the molecule is CC(C)[C@H](C)C(=O)N1CC2(CC2)C[C@H]1c1ncc(-c2ccc(C#Cc3ccc4nc([C@@H]5CCCN5C(=O)[C@@H](C)C(C)C)[nH]c4c3)cc2)[nH]1. The zero-order valence-electron chi connectivity index (χ0n) is 29.1. The Hall–Kier alpha value is -4.38. The number of benzene rings is 2. The molecule has 1 spiro atoms. The van der Waals surface area contributed by atoms with E-state index in [1.165, 1.54) is 12.8 Å². The minimum atomic E-state index is -0.00639. The van der Waals surface area contributed by atoms with Gasteiger partial charge in [0.2, 0.25) is 11.8 Å². The van der Waals surface area contributed by atoms with E-state index in [0.717, 1.165) is 77.4 Å². The molecule has 0 radical (unpaired) electrons. The maximum absolute atomic E-state index is 13.4. The van der Waals surface area contributed by atoms with Crippen molar-refractivity contribution in [3.63, 3.8) is 0 Å². The number of nitrogens with one attached hydrogen (secondary N) is 2. The van der Waals surface area contributed by atoms with E-state index in [4.69, 9.17) is 9.97 Å². The number of carbonyl (C=O) groups excluding carboxylic acids is 2. The average molecular weight is 645 g/mol. The molecule has 2 saturated heterocycles. The Balaban J connectivity index is 1.04. The first-order valence-electron chi connectivity index (χ1n) is 17.8. The number of aromatic nitrogens is 4. The second-order valence-corrected chi connectivity index (χ2v) is 15.3. The van der Waals surface area contributed by atoms with E-state index in [0.29, 0.717) is 11.8 Å². The van der Waals surface area contributed by atoms with Crippen molar-refractivity contribution >= 4 is 22.8 Å². The Morgan fingerprint density at radius 3 is 2.19 bits per heavy atom. The van der Waals surface area contributed by atoms with Gasteiger partial charge in [-0.2, -0.15) is 0 Å². The Labute approximate surface area is 284 Å². The van der Waals surface area contributed by atoms with Gasteiger partial charge in [-0.3, -0.25) is 9.59 Å². The number of hydrogen-bond donors (Lipinski definition) is 2. The zero-order chi connectivity index (χ0) is 33.7. The van der Waals surface area contributed by atoms with Crippen LogP contribution in [0.2, 0.25) is 0 Å². The zero-order valence-corrected chi connectivity index (χ0v) is 29.1. The van der Waals surface area contributed by atoms with E-state index in [-0.39, 0.29) is 41.1 Å². The molecule has 2 aromatic carbocycles. The lowest BCUT2D eigenvalue weighted by Crippen LogP contribution is -2.37. The van der Waals surface area contributed by atoms with Gasteiger partial charge in [0, 0.05) is 36.1 Å². The maximum atomic E-state index is 13.4. The molecule has 1 saturated carbocycles. The first kappa shape index (κ1) is 32.2. The van der Waals surface area contributed by atoms with Crippen LogP contribution in [0.1, 0.15) is 109 Å². The summed E-state index contributed by atoms with van der Waals surface area (Å²) in [7, 11) is 0. The van der Waals surface area contributed by atoms with Crippen molar-refractivity contribution < 1.29 is 9.59 Å². The van der Waals surface area contributed by atoms with Gasteiger partial charge in [0.1, 0.15) is 11.6 Å². The Kier molecular flexibility index (Phi) is 8.43. The van der Waals surface area contributed by atoms with Crippen molar-refractivity contribution in [3.05, 3.63) is 71.4 Å². The van der Waals surface area contributed by atoms with E-state index >= 15 is 0 Å². The van der Waals surface area contributed by atoms with Crippen LogP contribution < -0.4 is 0 Å². The third-order valence-electron chi connectivity index (χ3n) is 11.3. The fraction of sp³-hybridized carbons (Fsp3) is 0.500. The number of H-pyrrole nitrogens is 2. The molecule has 2 N–H and O–H groups in total. The highest BCUT2D eigenvalue weighted by Gasteiger charge is 2.54. The summed E-state index contributed by atoms with van der Waals surface area (Å²) in [5.74, 6) is 9.45. The highest BCUT2D eigenvalue weighted by atomic mass is 16.2. The van der Waals surface area contributed by atoms with Crippen molar-refractivity contribution in [2.45, 2.75) is 85.7 Å². The Morgan fingerprint density at radius 2 is 1.50 bits per heavy atom. The molecule has 250 valence electrons. The van der Waals surface area contributed by atoms with Gasteiger partial charge in [-0.15, -0.1) is 0 Å². The number of likely N-dealkylation sites (tertiary alicyclic amines) is 2. The molecule has 7 rings (SSSR count). The highest BCUT2D eigenvalue weighted by Crippen LogP contribution is 2.58. The van der Waals surface area contributed by atoms with Gasteiger partial charge in [0.25, 0.3) is 0 Å². The van der Waals surface area contributed by atoms with Gasteiger partial charge in [-0.25, -0.2) is 9.97 Å². The molecule has 1 aliphatic carbocycles. The number of nitrogens with zero attached hydrogens (tertiary/aromatic N) is 4. The summed E-state index contributed by atoms with van der Waals surface area (Å²) in [6.45, 7) is 14.2. The van der Waals surface area contributed by atoms with Crippen LogP contribution in [0.15, 0.2) is 48.7 Å². The molecule has 3 aliphatic rings. The Bertz CT molecular complexity index is 1890. The predicted octanol–water partition coefficient (Wildman–Crippen LogP) is 7.65. The van der Waals surface area contributed by atoms with Crippen LogP contribution in [0.3, 0.4) is 0 Å². The first-order chi connectivity index (χ1) is 23.0. The summed E-state index contributed by atoms with van der Waals surface area (Å²) < 4.78 is 0. The molecular weight excluding hydrogens is 596 g/mol. The van der Waals surface area contributed by atoms with Crippen LogP contribution in [-0.4, -0.2) is 54.6 Å². The van der Waals surface area contributed by atoms with E-state index in [2.05, 4.69) is 73.5 Å². The number of fused-ring (bicyclic) bond motifs is 1. The summed E-state index contributed by atoms with van der Waals surface area (Å²) in [5, 5.41) is 0. The molecule has 2 aromatic heterocycles. The molecule has 0 unspecified atom stereocenters. The van der Waals surface area contributed by atoms with Crippen LogP contribution in [0.25, 0.3) is 22.3 Å². The van der Waals surface area contributed by atoms with Crippen LogP contribution in [0.5, 0.6) is 0 Å². The molecule has 8 heteroatoms. The third-order valence-corrected chi connectivity index (χ3v) is 11.3. The smallest absolute Gasteiger partial charge is 0.226 e. The molecular formula is C40H48N6O2. The van der Waals surface area contributed by atoms with E-state index in [1.54, 1.807) is 0 Å². The van der Waals surface area contributed by atoms with E-state index in [1.807, 2.05) is 48.4 Å². The van der Waals surface area contributed by atoms with Crippen molar-refractivity contribution in [2.24, 2.45) is 29.1 Å². The maximum Gasteiger partial charge on any atom is 0.226 e. The quantitative estimate of drug-likeness (QED) is 0.202. The summed E-state index contributed by atoms with van der Waals surface area (Å²) in [4.78, 5) is 47.4. The molecule has 8 nitrogen and oxygen atoms in total. The molecule has 4 atom stereocenters. The molecule has 2 amide bonds. The lowest BCUT2D eigenvalue weighted by Gasteiger charge is -2.28. The summed E-state index contributed by atoms with van der Waals surface area (Å²) in [6, 6.07) is 14.3. The molecule has 48 heavy (non-hydrogen) atoms. The number of rotatable bonds is 7. The van der Waals surface area contributed by atoms with Gasteiger partial charge in [-0.1, -0.05) is 65.5 Å². The minimum absolute atomic E-state index is 0.00149. The molecule has 4 aromatic rings. The number of amides is 2. The van der Waals surface area contributed by atoms with E-state index in [9.17, 15) is 9.59 Å². The number of imidazole rings is 2. The fourth-order valence-electron chi connectivity index (χ4n) is 7.27. The molecule has 0 bridgehead atoms. The van der Waals surface area contributed by atoms with E-state index < -0.39 is 0 Å². The van der Waals surface area contributed by atoms with Gasteiger partial charge < -0.3 is 19.8 Å².